The number of carbonyl (C=O) groups is 4. The van der Waals surface area contributed by atoms with Gasteiger partial charge >= 0.3 is 17.9 Å². The summed E-state index contributed by atoms with van der Waals surface area (Å²) in [4.78, 5) is 46.6. The van der Waals surface area contributed by atoms with Crippen molar-refractivity contribution in [2.45, 2.75) is 52.1 Å². The number of ether oxygens (including phenoxy) is 1. The molecule has 0 spiro atoms. The summed E-state index contributed by atoms with van der Waals surface area (Å²) >= 11 is 0. The summed E-state index contributed by atoms with van der Waals surface area (Å²) in [7, 11) is 0. The number of hydrogen-bond acceptors (Lipinski definition) is 5. The molecule has 0 saturated heterocycles. The molecule has 0 aliphatic carbocycles. The number of carboxylic acids is 2. The van der Waals surface area contributed by atoms with Crippen molar-refractivity contribution in [2.24, 2.45) is 5.92 Å². The molecule has 3 N–H and O–H groups in total. The lowest BCUT2D eigenvalue weighted by Crippen LogP contribution is -2.34. The predicted octanol–water partition coefficient (Wildman–Crippen LogP) is 3.18. The van der Waals surface area contributed by atoms with Crippen LogP contribution in [0.4, 0.5) is 0 Å². The third-order valence-electron chi connectivity index (χ3n) is 4.38. The van der Waals surface area contributed by atoms with E-state index in [-0.39, 0.29) is 18.9 Å². The Morgan fingerprint density at radius 1 is 1.03 bits per heavy atom. The topological polar surface area (TPSA) is 130 Å². The molecule has 0 heterocycles. The average molecular weight is 419 g/mol. The fourth-order valence-corrected chi connectivity index (χ4v) is 2.90. The van der Waals surface area contributed by atoms with Gasteiger partial charge in [0.05, 0.1) is 12.3 Å². The highest BCUT2D eigenvalue weighted by atomic mass is 16.5. The molecule has 0 aromatic heterocycles. The van der Waals surface area contributed by atoms with Crippen molar-refractivity contribution in [3.05, 3.63) is 41.5 Å². The number of hydrogen-bond donors (Lipinski definition) is 3. The van der Waals surface area contributed by atoms with E-state index >= 15 is 0 Å². The van der Waals surface area contributed by atoms with Crippen LogP contribution in [0, 0.1) is 5.92 Å². The van der Waals surface area contributed by atoms with Crippen molar-refractivity contribution < 1.29 is 34.1 Å². The molecule has 8 nitrogen and oxygen atoms in total. The van der Waals surface area contributed by atoms with Crippen LogP contribution in [-0.4, -0.2) is 40.6 Å². The maximum atomic E-state index is 12.7. The maximum Gasteiger partial charge on any atom is 0.328 e. The number of aliphatic carboxylic acids is 2. The summed E-state index contributed by atoms with van der Waals surface area (Å²) in [5.74, 6) is -3.52. The van der Waals surface area contributed by atoms with Crippen LogP contribution < -0.4 is 5.32 Å². The molecule has 30 heavy (non-hydrogen) atoms. The van der Waals surface area contributed by atoms with E-state index in [0.29, 0.717) is 24.0 Å². The zero-order chi connectivity index (χ0) is 22.5. The van der Waals surface area contributed by atoms with Gasteiger partial charge in [0.25, 0.3) is 5.91 Å². The Morgan fingerprint density at radius 2 is 1.63 bits per heavy atom. The van der Waals surface area contributed by atoms with Crippen molar-refractivity contribution in [1.82, 2.24) is 5.32 Å². The minimum atomic E-state index is -1.22. The molecule has 0 bridgehead atoms. The number of benzene rings is 1. The van der Waals surface area contributed by atoms with Gasteiger partial charge in [0.2, 0.25) is 6.10 Å². The van der Waals surface area contributed by atoms with Crippen LogP contribution in [0.15, 0.2) is 30.3 Å². The summed E-state index contributed by atoms with van der Waals surface area (Å²) in [6, 6.07) is 6.36. The van der Waals surface area contributed by atoms with E-state index < -0.39 is 29.9 Å². The van der Waals surface area contributed by atoms with Gasteiger partial charge in [-0.3, -0.25) is 14.4 Å². The van der Waals surface area contributed by atoms with Crippen LogP contribution in [-0.2, 0) is 23.9 Å². The van der Waals surface area contributed by atoms with Crippen LogP contribution >= 0.6 is 0 Å². The molecular formula is C22H29NO7. The molecule has 1 amide bonds. The van der Waals surface area contributed by atoms with Crippen molar-refractivity contribution in [3.8, 4) is 0 Å². The van der Waals surface area contributed by atoms with Crippen molar-refractivity contribution in [1.29, 1.82) is 0 Å². The number of amides is 1. The van der Waals surface area contributed by atoms with E-state index in [4.69, 9.17) is 14.9 Å². The number of rotatable bonds is 13. The first-order valence-electron chi connectivity index (χ1n) is 9.99. The number of esters is 1. The van der Waals surface area contributed by atoms with Gasteiger partial charge in [-0.2, -0.15) is 0 Å². The Bertz CT molecular complexity index is 749. The normalized spacial score (nSPS) is 12.0. The molecule has 0 fully saturated rings. The Morgan fingerprint density at radius 3 is 2.13 bits per heavy atom. The lowest BCUT2D eigenvalue weighted by molar-refractivity contribution is -0.161. The van der Waals surface area contributed by atoms with E-state index in [1.165, 1.54) is 6.08 Å². The molecule has 1 atom stereocenters. The number of carbonyl (C=O) groups excluding carboxylic acids is 2. The SMILES string of the molecule is CCCC(CCC)C(=O)OC(C(=O)NCCC(=O)O)c1ccc(C=CC(=O)O)cc1. The van der Waals surface area contributed by atoms with Crippen LogP contribution in [0.2, 0.25) is 0 Å². The van der Waals surface area contributed by atoms with Gasteiger partial charge in [-0.15, -0.1) is 0 Å². The smallest absolute Gasteiger partial charge is 0.328 e. The van der Waals surface area contributed by atoms with Crippen LogP contribution in [0.5, 0.6) is 0 Å². The van der Waals surface area contributed by atoms with Crippen molar-refractivity contribution in [3.63, 3.8) is 0 Å². The Hall–Kier alpha value is -3.16. The van der Waals surface area contributed by atoms with E-state index in [0.717, 1.165) is 18.9 Å². The first-order valence-corrected chi connectivity index (χ1v) is 9.99. The molecule has 0 saturated carbocycles. The van der Waals surface area contributed by atoms with Gasteiger partial charge in [0.15, 0.2) is 0 Å². The molecule has 1 unspecified atom stereocenters. The Balaban J connectivity index is 3.04. The van der Waals surface area contributed by atoms with Gasteiger partial charge in [0.1, 0.15) is 0 Å². The Kier molecular flexibility index (Phi) is 10.9. The third-order valence-corrected chi connectivity index (χ3v) is 4.38. The zero-order valence-electron chi connectivity index (χ0n) is 17.3. The predicted molar refractivity (Wildman–Crippen MR) is 111 cm³/mol. The summed E-state index contributed by atoms with van der Waals surface area (Å²) in [5, 5.41) is 20.0. The highest BCUT2D eigenvalue weighted by molar-refractivity contribution is 5.86. The third kappa shape index (κ3) is 8.89. The highest BCUT2D eigenvalue weighted by Crippen LogP contribution is 2.24. The molecule has 0 aliphatic heterocycles. The Labute approximate surface area is 175 Å². The fourth-order valence-electron chi connectivity index (χ4n) is 2.90. The standard InChI is InChI=1S/C22H29NO7/c1-3-5-17(6-4-2)22(29)30-20(21(28)23-14-13-19(26)27)16-10-7-15(8-11-16)9-12-18(24)25/h7-12,17,20H,3-6,13-14H2,1-2H3,(H,23,28)(H,24,25)(H,26,27). The van der Waals surface area contributed by atoms with Crippen LogP contribution in [0.1, 0.15) is 63.2 Å². The molecule has 1 rings (SSSR count). The minimum absolute atomic E-state index is 0.0883. The lowest BCUT2D eigenvalue weighted by Gasteiger charge is -2.21. The number of carboxylic acid groups (broad SMARTS) is 2. The minimum Gasteiger partial charge on any atom is -0.481 e. The van der Waals surface area contributed by atoms with Gasteiger partial charge < -0.3 is 20.3 Å². The fraction of sp³-hybridized carbons (Fsp3) is 0.455. The summed E-state index contributed by atoms with van der Waals surface area (Å²) in [6.45, 7) is 3.85. The second-order valence-electron chi connectivity index (χ2n) is 6.86. The first kappa shape index (κ1) is 24.9. The summed E-state index contributed by atoms with van der Waals surface area (Å²) in [6.07, 6.45) is 3.83. The second kappa shape index (κ2) is 13.1. The average Bonchev–Trinajstić information content (AvgIpc) is 2.70. The van der Waals surface area contributed by atoms with Gasteiger partial charge in [-0.05, 0) is 24.5 Å². The van der Waals surface area contributed by atoms with Gasteiger partial charge in [-0.1, -0.05) is 51.0 Å². The lowest BCUT2D eigenvalue weighted by atomic mass is 9.98. The number of nitrogens with one attached hydrogen (secondary N) is 1. The molecule has 164 valence electrons. The monoisotopic (exact) mass is 419 g/mol. The quantitative estimate of drug-likeness (QED) is 0.331. The molecule has 0 aliphatic rings. The summed E-state index contributed by atoms with van der Waals surface area (Å²) in [5.41, 5.74) is 1.02. The van der Waals surface area contributed by atoms with Gasteiger partial charge in [0, 0.05) is 18.2 Å². The van der Waals surface area contributed by atoms with Gasteiger partial charge in [-0.25, -0.2) is 4.79 Å². The van der Waals surface area contributed by atoms with Crippen molar-refractivity contribution >= 4 is 29.9 Å². The van der Waals surface area contributed by atoms with E-state index in [2.05, 4.69) is 5.32 Å². The first-order chi connectivity index (χ1) is 14.3. The summed E-state index contributed by atoms with van der Waals surface area (Å²) < 4.78 is 5.55. The zero-order valence-corrected chi connectivity index (χ0v) is 17.3. The van der Waals surface area contributed by atoms with Crippen LogP contribution in [0.25, 0.3) is 6.08 Å². The second-order valence-corrected chi connectivity index (χ2v) is 6.86. The molecule has 1 aromatic rings. The molecule has 0 radical (unpaired) electrons. The maximum absolute atomic E-state index is 12.7. The van der Waals surface area contributed by atoms with E-state index in [1.54, 1.807) is 24.3 Å². The largest absolute Gasteiger partial charge is 0.481 e. The van der Waals surface area contributed by atoms with E-state index in [9.17, 15) is 19.2 Å². The molecule has 8 heteroatoms. The molecular weight excluding hydrogens is 390 g/mol. The van der Waals surface area contributed by atoms with Crippen molar-refractivity contribution in [2.75, 3.05) is 6.54 Å². The van der Waals surface area contributed by atoms with E-state index in [1.807, 2.05) is 13.8 Å². The highest BCUT2D eigenvalue weighted by Gasteiger charge is 2.28. The van der Waals surface area contributed by atoms with Crippen LogP contribution in [0.3, 0.4) is 0 Å². The molecule has 1 aromatic carbocycles.